The van der Waals surface area contributed by atoms with Gasteiger partial charge in [-0.25, -0.2) is 9.97 Å². The number of likely N-dealkylation sites (N-methyl/N-ethyl adjacent to an activating group) is 1. The van der Waals surface area contributed by atoms with Crippen LogP contribution in [0.1, 0.15) is 147 Å². The Morgan fingerprint density at radius 1 is 0.841 bits per heavy atom. The van der Waals surface area contributed by atoms with Crippen LogP contribution in [0.2, 0.25) is 0 Å². The van der Waals surface area contributed by atoms with Crippen molar-refractivity contribution >= 4 is 52.5 Å². The number of fused-ring (bicyclic) bond motifs is 2. The topological polar surface area (TPSA) is 199 Å². The lowest BCUT2D eigenvalue weighted by atomic mass is 10.0. The number of methoxy groups -OCH3 is 1. The molecule has 2 aromatic carbocycles. The summed E-state index contributed by atoms with van der Waals surface area (Å²) in [5.74, 6) is 1.01. The maximum atomic E-state index is 13.3. The van der Waals surface area contributed by atoms with Gasteiger partial charge in [0, 0.05) is 86.5 Å². The summed E-state index contributed by atoms with van der Waals surface area (Å²) in [6.07, 6.45) is 14.9. The molecule has 3 aromatic rings. The minimum atomic E-state index is -0.699. The zero-order valence-corrected chi connectivity index (χ0v) is 40.6. The molecule has 2 fully saturated rings. The van der Waals surface area contributed by atoms with E-state index in [-0.39, 0.29) is 54.8 Å². The quantitative estimate of drug-likeness (QED) is 0.0464. The first kappa shape index (κ1) is 51.1. The van der Waals surface area contributed by atoms with Gasteiger partial charge in [-0.3, -0.25) is 34.1 Å². The van der Waals surface area contributed by atoms with Crippen LogP contribution in [0.15, 0.2) is 42.6 Å². The Balaban J connectivity index is 0.691. The van der Waals surface area contributed by atoms with Gasteiger partial charge >= 0.3 is 0 Å². The van der Waals surface area contributed by atoms with E-state index in [1.165, 1.54) is 4.90 Å². The second-order valence-corrected chi connectivity index (χ2v) is 18.4. The van der Waals surface area contributed by atoms with Crippen molar-refractivity contribution < 1.29 is 47.7 Å². The zero-order chi connectivity index (χ0) is 48.7. The summed E-state index contributed by atoms with van der Waals surface area (Å²) in [6.45, 7) is 5.27. The number of Topliss-reactive ketones (excluding diaryl/α,β-unsaturated/α-hetero) is 1. The number of unbranched alkanes of at least 4 members (excludes halogenated alkanes) is 5. The van der Waals surface area contributed by atoms with Gasteiger partial charge in [-0.05, 0) is 63.1 Å². The number of amides is 5. The molecule has 1 aliphatic carbocycles. The van der Waals surface area contributed by atoms with Crippen molar-refractivity contribution in [1.29, 1.82) is 0 Å². The predicted molar refractivity (Wildman–Crippen MR) is 260 cm³/mol. The Labute approximate surface area is 405 Å². The lowest BCUT2D eigenvalue weighted by Crippen LogP contribution is -2.55. The molecule has 1 aromatic heterocycles. The van der Waals surface area contributed by atoms with E-state index >= 15 is 0 Å². The molecule has 372 valence electrons. The maximum Gasteiger partial charge on any atom is 0.255 e. The number of anilines is 3. The fraction of sp³-hybridized carbons (Fsp3) is 0.577. The molecule has 17 nitrogen and oxygen atoms in total. The largest absolute Gasteiger partial charge is 0.496 e. The molecular weight excluding hydrogens is 883 g/mol. The second-order valence-electron chi connectivity index (χ2n) is 18.4. The minimum Gasteiger partial charge on any atom is -0.496 e. The number of ketones is 1. The molecule has 2 atom stereocenters. The summed E-state index contributed by atoms with van der Waals surface area (Å²) in [6, 6.07) is 10.1. The van der Waals surface area contributed by atoms with Crippen molar-refractivity contribution in [3.63, 3.8) is 0 Å². The monoisotopic (exact) mass is 952 g/mol. The number of nitrogens with one attached hydrogen (secondary N) is 2. The third-order valence-corrected chi connectivity index (χ3v) is 13.7. The second kappa shape index (κ2) is 25.2. The molecule has 1 unspecified atom stereocenters. The standard InChI is InChI=1S/C52H69N7O10/c1-4-41-52(65)57(2)43-33-53-46(55-49(43)59(41)37-15-10-11-16-37)32-36-22-21-35(31-45(36)66-3)44(60)19-14-26-68-28-30-69-29-27-67-25-12-8-6-5-7-9-20-47(61)54-40-18-13-17-38-39(40)34-58(51(38)64)42-23-24-48(62)56-50(42)63/h13,17-18,21-22,31,33,37,41-42H,4-12,14-16,19-20,23-30,32,34H2,1-3H3,(H,54,61)(H,56,62,63)/t41-,42?/m1/s1. The molecule has 5 amide bonds. The van der Waals surface area contributed by atoms with E-state index in [0.29, 0.717) is 112 Å². The van der Waals surface area contributed by atoms with Crippen molar-refractivity contribution in [2.75, 3.05) is 68.9 Å². The summed E-state index contributed by atoms with van der Waals surface area (Å²) in [5.41, 5.74) is 3.96. The number of nitrogens with zero attached hydrogens (tertiary/aromatic N) is 5. The van der Waals surface area contributed by atoms with Gasteiger partial charge in [0.15, 0.2) is 11.6 Å². The minimum absolute atomic E-state index is 0.0182. The van der Waals surface area contributed by atoms with Crippen LogP contribution < -0.4 is 25.2 Å². The molecule has 0 radical (unpaired) electrons. The molecule has 4 heterocycles. The molecule has 1 saturated heterocycles. The first-order chi connectivity index (χ1) is 33.6. The first-order valence-electron chi connectivity index (χ1n) is 25.0. The fourth-order valence-corrected chi connectivity index (χ4v) is 9.87. The van der Waals surface area contributed by atoms with E-state index in [1.807, 2.05) is 12.1 Å². The lowest BCUT2D eigenvalue weighted by molar-refractivity contribution is -0.137. The molecule has 0 bridgehead atoms. The van der Waals surface area contributed by atoms with Gasteiger partial charge in [0.2, 0.25) is 23.6 Å². The highest BCUT2D eigenvalue weighted by Crippen LogP contribution is 2.40. The highest BCUT2D eigenvalue weighted by atomic mass is 16.5. The van der Waals surface area contributed by atoms with Crippen LogP contribution in [0, 0.1) is 0 Å². The smallest absolute Gasteiger partial charge is 0.255 e. The molecule has 7 rings (SSSR count). The van der Waals surface area contributed by atoms with Crippen LogP contribution in [-0.2, 0) is 46.4 Å². The number of ether oxygens (including phenoxy) is 4. The summed E-state index contributed by atoms with van der Waals surface area (Å²) in [4.78, 5) is 91.3. The van der Waals surface area contributed by atoms with E-state index in [9.17, 15) is 28.8 Å². The number of piperidine rings is 1. The Morgan fingerprint density at radius 2 is 1.55 bits per heavy atom. The average Bonchev–Trinajstić information content (AvgIpc) is 4.01. The van der Waals surface area contributed by atoms with Gasteiger partial charge < -0.3 is 39.0 Å². The molecular formula is C52H69N7O10. The number of benzene rings is 2. The summed E-state index contributed by atoms with van der Waals surface area (Å²) >= 11 is 0. The van der Waals surface area contributed by atoms with E-state index in [0.717, 1.165) is 81.3 Å². The van der Waals surface area contributed by atoms with Gasteiger partial charge in [0.1, 0.15) is 29.3 Å². The highest BCUT2D eigenvalue weighted by Gasteiger charge is 2.42. The third-order valence-electron chi connectivity index (χ3n) is 13.7. The van der Waals surface area contributed by atoms with Crippen molar-refractivity contribution in [2.24, 2.45) is 0 Å². The Kier molecular flexibility index (Phi) is 18.6. The fourth-order valence-electron chi connectivity index (χ4n) is 9.87. The van der Waals surface area contributed by atoms with Crippen molar-refractivity contribution in [1.82, 2.24) is 20.2 Å². The van der Waals surface area contributed by atoms with Crippen LogP contribution in [0.3, 0.4) is 0 Å². The number of hydrogen-bond donors (Lipinski definition) is 2. The molecule has 1 saturated carbocycles. The Morgan fingerprint density at radius 3 is 2.28 bits per heavy atom. The number of aromatic nitrogens is 2. The van der Waals surface area contributed by atoms with Crippen LogP contribution >= 0.6 is 0 Å². The van der Waals surface area contributed by atoms with Crippen molar-refractivity contribution in [3.8, 4) is 5.75 Å². The molecule has 4 aliphatic rings. The van der Waals surface area contributed by atoms with E-state index in [4.69, 9.17) is 23.9 Å². The van der Waals surface area contributed by atoms with Crippen LogP contribution in [-0.4, -0.2) is 122 Å². The normalized spacial score (nSPS) is 18.2. The summed E-state index contributed by atoms with van der Waals surface area (Å²) in [5, 5.41) is 5.28. The Hall–Kier alpha value is -5.78. The average molecular weight is 952 g/mol. The zero-order valence-electron chi connectivity index (χ0n) is 40.6. The van der Waals surface area contributed by atoms with Crippen LogP contribution in [0.4, 0.5) is 17.2 Å². The van der Waals surface area contributed by atoms with E-state index < -0.39 is 11.9 Å². The third kappa shape index (κ3) is 13.1. The van der Waals surface area contributed by atoms with Crippen molar-refractivity contribution in [2.45, 2.75) is 141 Å². The van der Waals surface area contributed by atoms with Gasteiger partial charge in [-0.1, -0.05) is 63.6 Å². The maximum absolute atomic E-state index is 13.3. The van der Waals surface area contributed by atoms with Gasteiger partial charge in [0.05, 0.1) is 39.7 Å². The highest BCUT2D eigenvalue weighted by molar-refractivity contribution is 6.07. The Bertz CT molecular complexity index is 2300. The SMILES string of the molecule is CC[C@@H]1C(=O)N(C)c2cnc(Cc3ccc(C(=O)CCCOCCOCCOCCCCCCCCC(=O)Nc4cccc5c4CN(C4CCC(=O)NC4=O)C5=O)cc3OC)nc2N1C1CCCC1. The number of carbonyl (C=O) groups excluding carboxylic acids is 6. The van der Waals surface area contributed by atoms with E-state index in [2.05, 4.69) is 27.4 Å². The molecule has 3 aliphatic heterocycles. The predicted octanol–water partition coefficient (Wildman–Crippen LogP) is 6.72. The summed E-state index contributed by atoms with van der Waals surface area (Å²) < 4.78 is 22.8. The number of hydrogen-bond acceptors (Lipinski definition) is 13. The number of imide groups is 1. The van der Waals surface area contributed by atoms with Gasteiger partial charge in [0.25, 0.3) is 5.91 Å². The summed E-state index contributed by atoms with van der Waals surface area (Å²) in [7, 11) is 3.40. The van der Waals surface area contributed by atoms with Gasteiger partial charge in [-0.15, -0.1) is 0 Å². The molecule has 69 heavy (non-hydrogen) atoms. The molecule has 2 N–H and O–H groups in total. The molecule has 0 spiro atoms. The van der Waals surface area contributed by atoms with Crippen LogP contribution in [0.25, 0.3) is 0 Å². The van der Waals surface area contributed by atoms with E-state index in [1.54, 1.807) is 49.5 Å². The van der Waals surface area contributed by atoms with Gasteiger partial charge in [-0.2, -0.15) is 0 Å². The lowest BCUT2D eigenvalue weighted by Gasteiger charge is -2.43. The van der Waals surface area contributed by atoms with Crippen LogP contribution in [0.5, 0.6) is 5.75 Å². The van der Waals surface area contributed by atoms with Crippen molar-refractivity contribution in [3.05, 3.63) is 70.7 Å². The number of rotatable bonds is 27. The number of carbonyl (C=O) groups is 6. The first-order valence-corrected chi connectivity index (χ1v) is 25.0. The molecule has 17 heteroatoms.